The minimum absolute atomic E-state index is 0.0177. The lowest BCUT2D eigenvalue weighted by Gasteiger charge is -2.06. The lowest BCUT2D eigenvalue weighted by molar-refractivity contribution is -0.384. The summed E-state index contributed by atoms with van der Waals surface area (Å²) in [6.45, 7) is 3.58. The van der Waals surface area contributed by atoms with E-state index in [4.69, 9.17) is 20.8 Å². The molecule has 0 aliphatic rings. The average molecular weight is 414 g/mol. The molecule has 1 aromatic heterocycles. The third-order valence-electron chi connectivity index (χ3n) is 3.96. The van der Waals surface area contributed by atoms with Gasteiger partial charge in [0.2, 0.25) is 5.89 Å². The van der Waals surface area contributed by atoms with Crippen LogP contribution in [0.5, 0.6) is 0 Å². The summed E-state index contributed by atoms with van der Waals surface area (Å²) in [6.07, 6.45) is 1.78. The Morgan fingerprint density at radius 2 is 1.97 bits per heavy atom. The number of aromatic nitrogens is 2. The van der Waals surface area contributed by atoms with Gasteiger partial charge in [-0.25, -0.2) is 4.79 Å². The van der Waals surface area contributed by atoms with Gasteiger partial charge in [0.1, 0.15) is 5.02 Å². The summed E-state index contributed by atoms with van der Waals surface area (Å²) in [5.74, 6) is -0.179. The molecule has 0 amide bonds. The predicted molar refractivity (Wildman–Crippen MR) is 106 cm³/mol. The number of ether oxygens (including phenoxy) is 1. The molecule has 0 aliphatic heterocycles. The van der Waals surface area contributed by atoms with Crippen molar-refractivity contribution in [1.29, 1.82) is 0 Å². The first kappa shape index (κ1) is 20.2. The summed E-state index contributed by atoms with van der Waals surface area (Å²) in [7, 11) is 0. The van der Waals surface area contributed by atoms with E-state index in [0.717, 1.165) is 17.2 Å². The fraction of sp³-hybridized carbons (Fsp3) is 0.150. The van der Waals surface area contributed by atoms with Crippen molar-refractivity contribution in [3.8, 4) is 11.5 Å². The fourth-order valence-electron chi connectivity index (χ4n) is 2.41. The lowest BCUT2D eigenvalue weighted by atomic mass is 10.1. The maximum atomic E-state index is 12.0. The van der Waals surface area contributed by atoms with Crippen molar-refractivity contribution in [1.82, 2.24) is 10.2 Å². The molecule has 0 N–H and O–H groups in total. The van der Waals surface area contributed by atoms with Crippen molar-refractivity contribution in [3.63, 3.8) is 0 Å². The van der Waals surface area contributed by atoms with Crippen LogP contribution in [0, 0.1) is 17.0 Å². The van der Waals surface area contributed by atoms with Crippen LogP contribution in [0.3, 0.4) is 0 Å². The Morgan fingerprint density at radius 3 is 2.66 bits per heavy atom. The molecule has 0 fully saturated rings. The van der Waals surface area contributed by atoms with Gasteiger partial charge in [-0.2, -0.15) is 0 Å². The molecule has 0 spiro atoms. The molecule has 1 atom stereocenters. The highest BCUT2D eigenvalue weighted by molar-refractivity contribution is 6.32. The van der Waals surface area contributed by atoms with E-state index in [-0.39, 0.29) is 16.6 Å². The van der Waals surface area contributed by atoms with Crippen LogP contribution in [0.4, 0.5) is 5.69 Å². The molecule has 148 valence electrons. The number of nitro benzene ring substituents is 1. The van der Waals surface area contributed by atoms with Gasteiger partial charge in [0.05, 0.1) is 4.92 Å². The molecule has 0 saturated carbocycles. The largest absolute Gasteiger partial charge is 0.449 e. The summed E-state index contributed by atoms with van der Waals surface area (Å²) in [5.41, 5.74) is 2.06. The predicted octanol–water partition coefficient (Wildman–Crippen LogP) is 4.92. The normalized spacial score (nSPS) is 12.1. The molecule has 3 aromatic rings. The molecule has 8 nitrogen and oxygen atoms in total. The minimum Gasteiger partial charge on any atom is -0.449 e. The Kier molecular flexibility index (Phi) is 6.04. The van der Waals surface area contributed by atoms with Gasteiger partial charge < -0.3 is 9.15 Å². The minimum atomic E-state index is -0.765. The van der Waals surface area contributed by atoms with Crippen LogP contribution in [0.25, 0.3) is 17.5 Å². The van der Waals surface area contributed by atoms with E-state index in [9.17, 15) is 14.9 Å². The number of aryl methyl sites for hydroxylation is 1. The second kappa shape index (κ2) is 8.66. The van der Waals surface area contributed by atoms with E-state index in [1.165, 1.54) is 18.2 Å². The van der Waals surface area contributed by atoms with E-state index < -0.39 is 17.0 Å². The van der Waals surface area contributed by atoms with Gasteiger partial charge in [-0.1, -0.05) is 35.4 Å². The van der Waals surface area contributed by atoms with E-state index in [1.807, 2.05) is 31.2 Å². The monoisotopic (exact) mass is 413 g/mol. The highest BCUT2D eigenvalue weighted by Crippen LogP contribution is 2.26. The smallest absolute Gasteiger partial charge is 0.331 e. The molecule has 0 bridgehead atoms. The number of rotatable bonds is 6. The second-order valence-corrected chi connectivity index (χ2v) is 6.60. The summed E-state index contributed by atoms with van der Waals surface area (Å²) < 4.78 is 10.8. The van der Waals surface area contributed by atoms with Gasteiger partial charge in [0.25, 0.3) is 11.6 Å². The van der Waals surface area contributed by atoms with Crippen LogP contribution >= 0.6 is 11.6 Å². The Labute approximate surface area is 170 Å². The molecule has 0 saturated heterocycles. The van der Waals surface area contributed by atoms with Crippen molar-refractivity contribution >= 4 is 29.3 Å². The Bertz CT molecular complexity index is 1080. The van der Waals surface area contributed by atoms with Gasteiger partial charge in [-0.05, 0) is 43.7 Å². The SMILES string of the molecule is Cc1ccc(-c2nnc(C(C)OC(=O)/C=C/c3ccc(Cl)c([N+](=O)[O-])c3)o2)cc1. The number of esters is 1. The van der Waals surface area contributed by atoms with Crippen LogP contribution in [-0.2, 0) is 9.53 Å². The van der Waals surface area contributed by atoms with Crippen LogP contribution in [0.1, 0.15) is 30.0 Å². The van der Waals surface area contributed by atoms with E-state index in [0.29, 0.717) is 11.5 Å². The number of nitro groups is 1. The van der Waals surface area contributed by atoms with Gasteiger partial charge in [-0.15, -0.1) is 10.2 Å². The van der Waals surface area contributed by atoms with Gasteiger partial charge >= 0.3 is 5.97 Å². The lowest BCUT2D eigenvalue weighted by Crippen LogP contribution is -2.06. The fourth-order valence-corrected chi connectivity index (χ4v) is 2.60. The maximum Gasteiger partial charge on any atom is 0.331 e. The zero-order chi connectivity index (χ0) is 21.0. The van der Waals surface area contributed by atoms with Gasteiger partial charge in [0, 0.05) is 17.7 Å². The molecule has 0 aliphatic carbocycles. The van der Waals surface area contributed by atoms with Crippen molar-refractivity contribution in [2.75, 3.05) is 0 Å². The number of benzene rings is 2. The summed E-state index contributed by atoms with van der Waals surface area (Å²) in [5, 5.41) is 18.8. The molecule has 29 heavy (non-hydrogen) atoms. The Morgan fingerprint density at radius 1 is 1.24 bits per heavy atom. The molecular weight excluding hydrogens is 398 g/mol. The van der Waals surface area contributed by atoms with E-state index in [2.05, 4.69) is 10.2 Å². The third kappa shape index (κ3) is 5.05. The topological polar surface area (TPSA) is 108 Å². The molecule has 1 unspecified atom stereocenters. The van der Waals surface area contributed by atoms with Crippen LogP contribution < -0.4 is 0 Å². The number of hydrogen-bond donors (Lipinski definition) is 0. The Balaban J connectivity index is 1.65. The van der Waals surface area contributed by atoms with E-state index >= 15 is 0 Å². The second-order valence-electron chi connectivity index (χ2n) is 6.19. The van der Waals surface area contributed by atoms with Crippen LogP contribution in [0.2, 0.25) is 5.02 Å². The van der Waals surface area contributed by atoms with Crippen molar-refractivity contribution in [2.24, 2.45) is 0 Å². The van der Waals surface area contributed by atoms with Crippen LogP contribution in [-0.4, -0.2) is 21.1 Å². The first-order valence-electron chi connectivity index (χ1n) is 8.56. The zero-order valence-corrected chi connectivity index (χ0v) is 16.3. The number of nitrogens with zero attached hydrogens (tertiary/aromatic N) is 3. The van der Waals surface area contributed by atoms with Crippen molar-refractivity contribution < 1.29 is 18.9 Å². The highest BCUT2D eigenvalue weighted by Gasteiger charge is 2.18. The van der Waals surface area contributed by atoms with Crippen LogP contribution in [0.15, 0.2) is 53.0 Å². The number of hydrogen-bond acceptors (Lipinski definition) is 7. The molecule has 2 aromatic carbocycles. The molecular formula is C20H16ClN3O5. The number of carbonyl (C=O) groups is 1. The average Bonchev–Trinajstić information content (AvgIpc) is 3.18. The Hall–Kier alpha value is -3.52. The van der Waals surface area contributed by atoms with Crippen molar-refractivity contribution in [2.45, 2.75) is 20.0 Å². The van der Waals surface area contributed by atoms with E-state index in [1.54, 1.807) is 13.0 Å². The molecule has 9 heteroatoms. The van der Waals surface area contributed by atoms with Gasteiger partial charge in [-0.3, -0.25) is 10.1 Å². The third-order valence-corrected chi connectivity index (χ3v) is 4.28. The summed E-state index contributed by atoms with van der Waals surface area (Å²) in [4.78, 5) is 22.4. The zero-order valence-electron chi connectivity index (χ0n) is 15.5. The standard InChI is InChI=1S/C20H16ClN3O5/c1-12-3-7-15(8-4-12)20-23-22-19(29-20)13(2)28-18(25)10-6-14-5-9-16(21)17(11-14)24(26)27/h3-11,13H,1-2H3/b10-6+. The maximum absolute atomic E-state index is 12.0. The summed E-state index contributed by atoms with van der Waals surface area (Å²) in [6, 6.07) is 11.8. The quantitative estimate of drug-likeness (QED) is 0.244. The van der Waals surface area contributed by atoms with Gasteiger partial charge in [0.15, 0.2) is 6.10 Å². The first-order chi connectivity index (χ1) is 13.8. The van der Waals surface area contributed by atoms with Crippen molar-refractivity contribution in [3.05, 3.63) is 80.7 Å². The molecule has 3 rings (SSSR count). The highest BCUT2D eigenvalue weighted by atomic mass is 35.5. The molecule has 1 heterocycles. The number of carbonyl (C=O) groups excluding carboxylic acids is 1. The summed E-state index contributed by atoms with van der Waals surface area (Å²) >= 11 is 5.76. The first-order valence-corrected chi connectivity index (χ1v) is 8.94. The molecule has 0 radical (unpaired) electrons. The number of halogens is 1.